The van der Waals surface area contributed by atoms with Crippen molar-refractivity contribution in [3.05, 3.63) is 23.2 Å². The summed E-state index contributed by atoms with van der Waals surface area (Å²) in [4.78, 5) is 1.06. The zero-order valence-electron chi connectivity index (χ0n) is 10.1. The first-order valence-corrected chi connectivity index (χ1v) is 6.94. The molecule has 1 aromatic rings. The molecule has 0 fully saturated rings. The first kappa shape index (κ1) is 14.6. The average molecular weight is 276 g/mol. The molecule has 0 aromatic heterocycles. The molecule has 0 amide bonds. The molecule has 0 bridgehead atoms. The number of rotatable bonds is 7. The van der Waals surface area contributed by atoms with Gasteiger partial charge in [-0.25, -0.2) is 0 Å². The zero-order chi connectivity index (χ0) is 12.7. The average Bonchev–Trinajstić information content (AvgIpc) is 2.31. The number of halogens is 1. The standard InChI is InChI=1S/C12H18ClNO2S/c1-3-15-12(16-4-2)8-17-9-5-6-11(14)10(13)7-9/h5-7,12H,3-4,8,14H2,1-2H3. The molecule has 3 nitrogen and oxygen atoms in total. The second kappa shape index (κ2) is 7.82. The van der Waals surface area contributed by atoms with Crippen molar-refractivity contribution in [2.75, 3.05) is 24.7 Å². The molecule has 1 rings (SSSR count). The minimum Gasteiger partial charge on any atom is -0.398 e. The summed E-state index contributed by atoms with van der Waals surface area (Å²) in [5, 5.41) is 0.583. The van der Waals surface area contributed by atoms with E-state index >= 15 is 0 Å². The van der Waals surface area contributed by atoms with Crippen molar-refractivity contribution in [3.63, 3.8) is 0 Å². The number of hydrogen-bond donors (Lipinski definition) is 1. The van der Waals surface area contributed by atoms with Crippen molar-refractivity contribution < 1.29 is 9.47 Å². The minimum atomic E-state index is -0.175. The van der Waals surface area contributed by atoms with Crippen LogP contribution in [0.25, 0.3) is 0 Å². The summed E-state index contributed by atoms with van der Waals surface area (Å²) in [7, 11) is 0. The molecule has 0 unspecified atom stereocenters. The van der Waals surface area contributed by atoms with Crippen LogP contribution >= 0.6 is 23.4 Å². The Hall–Kier alpha value is -0.420. The number of anilines is 1. The van der Waals surface area contributed by atoms with E-state index in [1.165, 1.54) is 0 Å². The maximum absolute atomic E-state index is 5.95. The molecule has 0 heterocycles. The van der Waals surface area contributed by atoms with Gasteiger partial charge in [0.2, 0.25) is 0 Å². The van der Waals surface area contributed by atoms with Crippen molar-refractivity contribution in [2.24, 2.45) is 0 Å². The Bertz CT molecular complexity index is 343. The van der Waals surface area contributed by atoms with Gasteiger partial charge in [-0.1, -0.05) is 11.6 Å². The monoisotopic (exact) mass is 275 g/mol. The van der Waals surface area contributed by atoms with Crippen molar-refractivity contribution in [1.82, 2.24) is 0 Å². The third-order valence-corrected chi connectivity index (χ3v) is 3.42. The molecule has 0 aliphatic rings. The lowest BCUT2D eigenvalue weighted by atomic mass is 10.3. The van der Waals surface area contributed by atoms with Crippen LogP contribution < -0.4 is 5.73 Å². The van der Waals surface area contributed by atoms with Crippen LogP contribution in [0.4, 0.5) is 5.69 Å². The van der Waals surface area contributed by atoms with Gasteiger partial charge < -0.3 is 15.2 Å². The van der Waals surface area contributed by atoms with E-state index in [2.05, 4.69) is 0 Å². The number of nitrogen functional groups attached to an aromatic ring is 1. The van der Waals surface area contributed by atoms with Gasteiger partial charge in [0.05, 0.1) is 10.7 Å². The highest BCUT2D eigenvalue weighted by Crippen LogP contribution is 2.27. The Balaban J connectivity index is 2.49. The quantitative estimate of drug-likeness (QED) is 0.470. The number of hydrogen-bond acceptors (Lipinski definition) is 4. The van der Waals surface area contributed by atoms with Gasteiger partial charge in [0.1, 0.15) is 0 Å². The van der Waals surface area contributed by atoms with E-state index < -0.39 is 0 Å². The van der Waals surface area contributed by atoms with Gasteiger partial charge in [-0.15, -0.1) is 11.8 Å². The fraction of sp³-hybridized carbons (Fsp3) is 0.500. The molecule has 17 heavy (non-hydrogen) atoms. The van der Waals surface area contributed by atoms with Gasteiger partial charge in [0.25, 0.3) is 0 Å². The lowest BCUT2D eigenvalue weighted by molar-refractivity contribution is -0.120. The van der Waals surface area contributed by atoms with E-state index in [1.54, 1.807) is 17.8 Å². The highest BCUT2D eigenvalue weighted by molar-refractivity contribution is 7.99. The van der Waals surface area contributed by atoms with Crippen LogP contribution in [0.1, 0.15) is 13.8 Å². The van der Waals surface area contributed by atoms with Gasteiger partial charge in [-0.2, -0.15) is 0 Å². The number of benzene rings is 1. The van der Waals surface area contributed by atoms with Gasteiger partial charge in [0, 0.05) is 23.9 Å². The zero-order valence-corrected chi connectivity index (χ0v) is 11.7. The van der Waals surface area contributed by atoms with Crippen molar-refractivity contribution in [1.29, 1.82) is 0 Å². The summed E-state index contributed by atoms with van der Waals surface area (Å²) >= 11 is 7.59. The predicted molar refractivity (Wildman–Crippen MR) is 73.6 cm³/mol. The van der Waals surface area contributed by atoms with E-state index in [0.29, 0.717) is 23.9 Å². The molecule has 96 valence electrons. The molecule has 5 heteroatoms. The minimum absolute atomic E-state index is 0.175. The van der Waals surface area contributed by atoms with Crippen LogP contribution in [-0.4, -0.2) is 25.3 Å². The molecule has 0 saturated heterocycles. The Morgan fingerprint density at radius 3 is 2.47 bits per heavy atom. The molecule has 0 radical (unpaired) electrons. The highest BCUT2D eigenvalue weighted by Gasteiger charge is 2.09. The van der Waals surface area contributed by atoms with Crippen LogP contribution in [0.5, 0.6) is 0 Å². The second-order valence-corrected chi connectivity index (χ2v) is 4.84. The van der Waals surface area contributed by atoms with E-state index in [9.17, 15) is 0 Å². The molecule has 1 aromatic carbocycles. The largest absolute Gasteiger partial charge is 0.398 e. The Morgan fingerprint density at radius 2 is 1.94 bits per heavy atom. The van der Waals surface area contributed by atoms with Gasteiger partial charge in [0.15, 0.2) is 6.29 Å². The number of ether oxygens (including phenoxy) is 2. The highest BCUT2D eigenvalue weighted by atomic mass is 35.5. The first-order chi connectivity index (χ1) is 8.17. The smallest absolute Gasteiger partial charge is 0.166 e. The normalized spacial score (nSPS) is 11.1. The first-order valence-electron chi connectivity index (χ1n) is 5.58. The summed E-state index contributed by atoms with van der Waals surface area (Å²) < 4.78 is 10.9. The Kier molecular flexibility index (Phi) is 6.73. The van der Waals surface area contributed by atoms with E-state index in [0.717, 1.165) is 10.6 Å². The van der Waals surface area contributed by atoms with Crippen molar-refractivity contribution in [2.45, 2.75) is 25.0 Å². The SMILES string of the molecule is CCOC(CSc1ccc(N)c(Cl)c1)OCC. The van der Waals surface area contributed by atoms with Crippen LogP contribution in [0.3, 0.4) is 0 Å². The fourth-order valence-electron chi connectivity index (χ4n) is 1.28. The molecule has 2 N–H and O–H groups in total. The Morgan fingerprint density at radius 1 is 1.29 bits per heavy atom. The predicted octanol–water partition coefficient (Wildman–Crippen LogP) is 3.41. The second-order valence-electron chi connectivity index (χ2n) is 3.33. The number of nitrogens with two attached hydrogens (primary N) is 1. The molecular formula is C12H18ClNO2S. The van der Waals surface area contributed by atoms with Crippen molar-refractivity contribution in [3.8, 4) is 0 Å². The van der Waals surface area contributed by atoms with Gasteiger partial charge in [-0.05, 0) is 32.0 Å². The van der Waals surface area contributed by atoms with E-state index in [-0.39, 0.29) is 6.29 Å². The van der Waals surface area contributed by atoms with Crippen LogP contribution in [0.15, 0.2) is 23.1 Å². The van der Waals surface area contributed by atoms with Crippen molar-refractivity contribution >= 4 is 29.1 Å². The third-order valence-electron chi connectivity index (χ3n) is 2.06. The van der Waals surface area contributed by atoms with Crippen LogP contribution in [0, 0.1) is 0 Å². The summed E-state index contributed by atoms with van der Waals surface area (Å²) in [5.74, 6) is 0.738. The lowest BCUT2D eigenvalue weighted by Gasteiger charge is -2.16. The lowest BCUT2D eigenvalue weighted by Crippen LogP contribution is -2.19. The van der Waals surface area contributed by atoms with E-state index in [4.69, 9.17) is 26.8 Å². The topological polar surface area (TPSA) is 44.5 Å². The van der Waals surface area contributed by atoms with Gasteiger partial charge in [-0.3, -0.25) is 0 Å². The summed E-state index contributed by atoms with van der Waals surface area (Å²) in [5.41, 5.74) is 6.25. The number of thioether (sulfide) groups is 1. The maximum Gasteiger partial charge on any atom is 0.166 e. The molecule has 0 aliphatic heterocycles. The van der Waals surface area contributed by atoms with Crippen LogP contribution in [-0.2, 0) is 9.47 Å². The fourth-order valence-corrected chi connectivity index (χ4v) is 2.41. The van der Waals surface area contributed by atoms with Crippen LogP contribution in [0.2, 0.25) is 5.02 Å². The summed E-state index contributed by atoms with van der Waals surface area (Å²) in [6, 6.07) is 5.61. The molecular weight excluding hydrogens is 258 g/mol. The van der Waals surface area contributed by atoms with E-state index in [1.807, 2.05) is 26.0 Å². The molecule has 0 atom stereocenters. The summed E-state index contributed by atoms with van der Waals surface area (Å²) in [6.07, 6.45) is -0.175. The van der Waals surface area contributed by atoms with Gasteiger partial charge >= 0.3 is 0 Å². The maximum atomic E-state index is 5.95. The third kappa shape index (κ3) is 5.17. The molecule has 0 spiro atoms. The summed E-state index contributed by atoms with van der Waals surface area (Å²) in [6.45, 7) is 5.20. The molecule has 0 saturated carbocycles. The Labute approximate surface area is 112 Å². The molecule has 0 aliphatic carbocycles.